The van der Waals surface area contributed by atoms with Crippen LogP contribution in [0.5, 0.6) is 11.5 Å². The van der Waals surface area contributed by atoms with Crippen LogP contribution in [0.25, 0.3) is 0 Å². The van der Waals surface area contributed by atoms with Gasteiger partial charge in [0.1, 0.15) is 0 Å². The number of halogens is 3. The summed E-state index contributed by atoms with van der Waals surface area (Å²) in [4.78, 5) is 28.7. The van der Waals surface area contributed by atoms with Crippen LogP contribution in [0.15, 0.2) is 36.4 Å². The minimum Gasteiger partial charge on any atom is -0.454 e. The minimum atomic E-state index is -4.34. The predicted octanol–water partition coefficient (Wildman–Crippen LogP) is 3.39. The lowest BCUT2D eigenvalue weighted by Crippen LogP contribution is -2.48. The van der Waals surface area contributed by atoms with Crippen molar-refractivity contribution in [2.45, 2.75) is 19.6 Å². The van der Waals surface area contributed by atoms with E-state index in [4.69, 9.17) is 9.47 Å². The van der Waals surface area contributed by atoms with Gasteiger partial charge in [-0.05, 0) is 30.7 Å². The number of amides is 1. The van der Waals surface area contributed by atoms with Crippen LogP contribution in [-0.2, 0) is 17.5 Å². The second kappa shape index (κ2) is 9.40. The Kier molecular flexibility index (Phi) is 6.57. The van der Waals surface area contributed by atoms with Crippen molar-refractivity contribution >= 4 is 17.4 Å². The van der Waals surface area contributed by atoms with E-state index in [0.717, 1.165) is 17.7 Å². The highest BCUT2D eigenvalue weighted by Crippen LogP contribution is 2.37. The molecule has 1 N–H and O–H groups in total. The lowest BCUT2D eigenvalue weighted by molar-refractivity contribution is -0.137. The van der Waals surface area contributed by atoms with Crippen LogP contribution in [0.4, 0.5) is 18.9 Å². The quantitative estimate of drug-likeness (QED) is 0.663. The fraction of sp³-hybridized carbons (Fsp3) is 0.391. The van der Waals surface area contributed by atoms with Gasteiger partial charge in [-0.25, -0.2) is 0 Å². The summed E-state index contributed by atoms with van der Waals surface area (Å²) in [5.74, 6) is 0.516. The van der Waals surface area contributed by atoms with Gasteiger partial charge >= 0.3 is 6.18 Å². The molecule has 1 fully saturated rings. The fourth-order valence-corrected chi connectivity index (χ4v) is 3.89. The van der Waals surface area contributed by atoms with Crippen LogP contribution in [-0.4, -0.2) is 61.0 Å². The Hall–Kier alpha value is -3.11. The Morgan fingerprint density at radius 3 is 2.18 bits per heavy atom. The third-order valence-electron chi connectivity index (χ3n) is 5.69. The second-order valence-electron chi connectivity index (χ2n) is 8.10. The van der Waals surface area contributed by atoms with Crippen LogP contribution in [0.1, 0.15) is 28.4 Å². The van der Waals surface area contributed by atoms with Crippen molar-refractivity contribution in [3.8, 4) is 11.5 Å². The predicted molar refractivity (Wildman–Crippen MR) is 114 cm³/mol. The highest BCUT2D eigenvalue weighted by molar-refractivity contribution is 6.05. The van der Waals surface area contributed by atoms with E-state index in [-0.39, 0.29) is 25.0 Å². The Bertz CT molecular complexity index is 1030. The molecule has 0 aromatic heterocycles. The molecule has 2 aliphatic heterocycles. The van der Waals surface area contributed by atoms with Crippen LogP contribution in [0.3, 0.4) is 0 Å². The van der Waals surface area contributed by atoms with Crippen molar-refractivity contribution in [2.24, 2.45) is 0 Å². The Balaban J connectivity index is 1.28. The molecular formula is C23H24F3N3O4. The molecule has 0 unspecified atom stereocenters. The zero-order valence-corrected chi connectivity index (χ0v) is 18.1. The first-order valence-corrected chi connectivity index (χ1v) is 10.5. The van der Waals surface area contributed by atoms with Crippen LogP contribution < -0.4 is 14.8 Å². The molecule has 2 aromatic rings. The lowest BCUT2D eigenvalue weighted by atomic mass is 10.1. The van der Waals surface area contributed by atoms with Crippen LogP contribution in [0, 0.1) is 0 Å². The zero-order valence-electron chi connectivity index (χ0n) is 18.1. The smallest absolute Gasteiger partial charge is 0.416 e. The average Bonchev–Trinajstić information content (AvgIpc) is 3.21. The van der Waals surface area contributed by atoms with Crippen molar-refractivity contribution in [1.82, 2.24) is 9.80 Å². The standard InChI is InChI=1S/C23H24F3N3O4/c1-15(30)18-10-20-21(33-14-32-20)11-19(18)27-22(31)13-29-8-6-28(7-9-29)12-16-2-4-17(5-3-16)23(24,25)26/h2-5,10-11H,6-9,12-14H2,1H3,(H,27,31). The summed E-state index contributed by atoms with van der Waals surface area (Å²) in [6, 6.07) is 8.36. The fourth-order valence-electron chi connectivity index (χ4n) is 3.89. The molecule has 2 aliphatic rings. The first kappa shape index (κ1) is 23.1. The molecule has 0 bridgehead atoms. The first-order valence-electron chi connectivity index (χ1n) is 10.5. The van der Waals surface area contributed by atoms with Crippen molar-refractivity contribution in [2.75, 3.05) is 44.8 Å². The van der Waals surface area contributed by atoms with E-state index < -0.39 is 11.7 Å². The number of benzene rings is 2. The van der Waals surface area contributed by atoms with E-state index in [9.17, 15) is 22.8 Å². The number of ether oxygens (including phenoxy) is 2. The average molecular weight is 463 g/mol. The SMILES string of the molecule is CC(=O)c1cc2c(cc1NC(=O)CN1CCN(Cc3ccc(C(F)(F)F)cc3)CC1)OCO2. The number of nitrogens with zero attached hydrogens (tertiary/aromatic N) is 2. The van der Waals surface area contributed by atoms with Gasteiger partial charge in [-0.2, -0.15) is 13.2 Å². The van der Waals surface area contributed by atoms with E-state index in [1.165, 1.54) is 19.1 Å². The van der Waals surface area contributed by atoms with E-state index in [0.29, 0.717) is 55.5 Å². The van der Waals surface area contributed by atoms with E-state index in [1.54, 1.807) is 12.1 Å². The molecule has 176 valence electrons. The lowest BCUT2D eigenvalue weighted by Gasteiger charge is -2.34. The number of piperazine rings is 1. The largest absolute Gasteiger partial charge is 0.454 e. The zero-order chi connectivity index (χ0) is 23.6. The molecule has 2 aromatic carbocycles. The summed E-state index contributed by atoms with van der Waals surface area (Å²) < 4.78 is 48.7. The molecule has 10 heteroatoms. The van der Waals surface area contributed by atoms with Crippen LogP contribution >= 0.6 is 0 Å². The van der Waals surface area contributed by atoms with Gasteiger partial charge in [-0.1, -0.05) is 12.1 Å². The third kappa shape index (κ3) is 5.63. The molecule has 4 rings (SSSR count). The minimum absolute atomic E-state index is 0.0703. The number of carbonyl (C=O) groups is 2. The summed E-state index contributed by atoms with van der Waals surface area (Å²) in [5, 5.41) is 2.79. The topological polar surface area (TPSA) is 71.1 Å². The van der Waals surface area contributed by atoms with Crippen molar-refractivity contribution in [3.05, 3.63) is 53.1 Å². The molecule has 7 nitrogen and oxygen atoms in total. The molecule has 0 atom stereocenters. The summed E-state index contributed by atoms with van der Waals surface area (Å²) in [5.41, 5.74) is 0.901. The number of rotatable bonds is 6. The normalized spacial score (nSPS) is 16.6. The number of Topliss-reactive ketones (excluding diaryl/α,β-unsaturated/α-hetero) is 1. The first-order chi connectivity index (χ1) is 15.7. The van der Waals surface area contributed by atoms with Gasteiger partial charge in [0.25, 0.3) is 0 Å². The molecule has 0 saturated carbocycles. The Morgan fingerprint density at radius 1 is 0.970 bits per heavy atom. The van der Waals surface area contributed by atoms with Gasteiger partial charge in [0.2, 0.25) is 12.7 Å². The molecule has 0 aliphatic carbocycles. The molecule has 2 heterocycles. The van der Waals surface area contributed by atoms with Gasteiger partial charge < -0.3 is 14.8 Å². The summed E-state index contributed by atoms with van der Waals surface area (Å²) in [6.07, 6.45) is -4.34. The number of carbonyl (C=O) groups excluding carboxylic acids is 2. The molecule has 1 amide bonds. The van der Waals surface area contributed by atoms with E-state index in [2.05, 4.69) is 10.2 Å². The summed E-state index contributed by atoms with van der Waals surface area (Å²) in [6.45, 7) is 4.89. The number of nitrogens with one attached hydrogen (secondary N) is 1. The van der Waals surface area contributed by atoms with Gasteiger partial charge in [0, 0.05) is 44.4 Å². The number of fused-ring (bicyclic) bond motifs is 1. The van der Waals surface area contributed by atoms with Gasteiger partial charge in [-0.3, -0.25) is 19.4 Å². The number of ketones is 1. The van der Waals surface area contributed by atoms with Crippen molar-refractivity contribution in [1.29, 1.82) is 0 Å². The van der Waals surface area contributed by atoms with Gasteiger partial charge in [-0.15, -0.1) is 0 Å². The summed E-state index contributed by atoms with van der Waals surface area (Å²) >= 11 is 0. The number of hydrogen-bond donors (Lipinski definition) is 1. The van der Waals surface area contributed by atoms with Crippen molar-refractivity contribution < 1.29 is 32.2 Å². The number of hydrogen-bond acceptors (Lipinski definition) is 6. The summed E-state index contributed by atoms with van der Waals surface area (Å²) in [7, 11) is 0. The Labute approximate surface area is 189 Å². The maximum absolute atomic E-state index is 12.7. The van der Waals surface area contributed by atoms with Crippen LogP contribution in [0.2, 0.25) is 0 Å². The second-order valence-corrected chi connectivity index (χ2v) is 8.10. The monoisotopic (exact) mass is 463 g/mol. The maximum atomic E-state index is 12.7. The molecular weight excluding hydrogens is 439 g/mol. The number of anilines is 1. The number of alkyl halides is 3. The van der Waals surface area contributed by atoms with E-state index >= 15 is 0 Å². The Morgan fingerprint density at radius 2 is 1.58 bits per heavy atom. The molecule has 0 radical (unpaired) electrons. The molecule has 33 heavy (non-hydrogen) atoms. The maximum Gasteiger partial charge on any atom is 0.416 e. The van der Waals surface area contributed by atoms with Crippen molar-refractivity contribution in [3.63, 3.8) is 0 Å². The highest BCUT2D eigenvalue weighted by atomic mass is 19.4. The van der Waals surface area contributed by atoms with Gasteiger partial charge in [0.05, 0.1) is 17.8 Å². The molecule has 0 spiro atoms. The highest BCUT2D eigenvalue weighted by Gasteiger charge is 2.30. The van der Waals surface area contributed by atoms with Gasteiger partial charge in [0.15, 0.2) is 17.3 Å². The van der Waals surface area contributed by atoms with E-state index in [1.807, 2.05) is 4.90 Å². The molecule has 1 saturated heterocycles. The third-order valence-corrected chi connectivity index (χ3v) is 5.69.